The van der Waals surface area contributed by atoms with Gasteiger partial charge >= 0.3 is 0 Å². The van der Waals surface area contributed by atoms with E-state index in [1.54, 1.807) is 0 Å². The van der Waals surface area contributed by atoms with Gasteiger partial charge < -0.3 is 0 Å². The standard InChI is InChI=1S/C12H21N/c1-4-11(2,10-13)9-12(3)7-5-6-8-12/h4-9H2,1-3H3. The summed E-state index contributed by atoms with van der Waals surface area (Å²) in [6.07, 6.45) is 7.45. The quantitative estimate of drug-likeness (QED) is 0.644. The fraction of sp³-hybridized carbons (Fsp3) is 0.917. The number of nitrogens with zero attached hydrogens (tertiary/aromatic N) is 1. The van der Waals surface area contributed by atoms with Gasteiger partial charge in [-0.25, -0.2) is 0 Å². The summed E-state index contributed by atoms with van der Waals surface area (Å²) in [7, 11) is 0. The SMILES string of the molecule is CCC(C)(C#N)CC1(C)CCCC1. The van der Waals surface area contributed by atoms with Crippen LogP contribution in [-0.4, -0.2) is 0 Å². The Labute approximate surface area is 82.1 Å². The molecule has 1 atom stereocenters. The smallest absolute Gasteiger partial charge is 0.0686 e. The molecule has 1 aliphatic rings. The first-order valence-electron chi connectivity index (χ1n) is 5.45. The van der Waals surface area contributed by atoms with Gasteiger partial charge in [-0.15, -0.1) is 0 Å². The van der Waals surface area contributed by atoms with Gasteiger partial charge in [0.1, 0.15) is 0 Å². The predicted molar refractivity (Wildman–Crippen MR) is 55.2 cm³/mol. The molecule has 0 amide bonds. The Morgan fingerprint density at radius 1 is 1.38 bits per heavy atom. The van der Waals surface area contributed by atoms with E-state index >= 15 is 0 Å². The van der Waals surface area contributed by atoms with Gasteiger partial charge in [0.2, 0.25) is 0 Å². The van der Waals surface area contributed by atoms with Gasteiger partial charge in [0, 0.05) is 0 Å². The van der Waals surface area contributed by atoms with Gasteiger partial charge in [0.25, 0.3) is 0 Å². The molecule has 0 radical (unpaired) electrons. The molecule has 0 spiro atoms. The second-order valence-corrected chi connectivity index (χ2v) is 5.22. The van der Waals surface area contributed by atoms with E-state index in [1.165, 1.54) is 25.7 Å². The first kappa shape index (κ1) is 10.6. The van der Waals surface area contributed by atoms with Gasteiger partial charge in [-0.05, 0) is 38.0 Å². The third-order valence-corrected chi connectivity index (χ3v) is 3.68. The molecular weight excluding hydrogens is 158 g/mol. The zero-order chi connectivity index (χ0) is 9.95. The van der Waals surface area contributed by atoms with Crippen molar-refractivity contribution >= 4 is 0 Å². The third-order valence-electron chi connectivity index (χ3n) is 3.68. The minimum absolute atomic E-state index is 0.0842. The molecule has 0 aromatic rings. The number of hydrogen-bond donors (Lipinski definition) is 0. The van der Waals surface area contributed by atoms with Crippen LogP contribution in [0.25, 0.3) is 0 Å². The molecule has 1 heteroatoms. The second kappa shape index (κ2) is 3.70. The summed E-state index contributed by atoms with van der Waals surface area (Å²) < 4.78 is 0. The monoisotopic (exact) mass is 179 g/mol. The Kier molecular flexibility index (Phi) is 3.01. The van der Waals surface area contributed by atoms with Crippen molar-refractivity contribution in [2.24, 2.45) is 10.8 Å². The van der Waals surface area contributed by atoms with Crippen LogP contribution in [0.2, 0.25) is 0 Å². The van der Waals surface area contributed by atoms with E-state index in [1.807, 2.05) is 0 Å². The lowest BCUT2D eigenvalue weighted by Crippen LogP contribution is -2.23. The number of hydrogen-bond acceptors (Lipinski definition) is 1. The van der Waals surface area contributed by atoms with Crippen LogP contribution in [0.1, 0.15) is 59.3 Å². The lowest BCUT2D eigenvalue weighted by Gasteiger charge is -2.31. The lowest BCUT2D eigenvalue weighted by atomic mass is 9.71. The molecule has 0 heterocycles. The zero-order valence-electron chi connectivity index (χ0n) is 9.19. The van der Waals surface area contributed by atoms with Crippen molar-refractivity contribution in [3.8, 4) is 6.07 Å². The van der Waals surface area contributed by atoms with Crippen molar-refractivity contribution in [2.75, 3.05) is 0 Å². The third kappa shape index (κ3) is 2.46. The predicted octanol–water partition coefficient (Wildman–Crippen LogP) is 3.90. The largest absolute Gasteiger partial charge is 0.198 e. The van der Waals surface area contributed by atoms with E-state index in [4.69, 9.17) is 5.26 Å². The molecule has 0 bridgehead atoms. The molecule has 1 fully saturated rings. The van der Waals surface area contributed by atoms with Crippen LogP contribution in [0.3, 0.4) is 0 Å². The summed E-state index contributed by atoms with van der Waals surface area (Å²) in [4.78, 5) is 0. The van der Waals surface area contributed by atoms with Crippen LogP contribution >= 0.6 is 0 Å². The Morgan fingerprint density at radius 3 is 2.31 bits per heavy atom. The number of rotatable bonds is 3. The van der Waals surface area contributed by atoms with Crippen LogP contribution in [0.15, 0.2) is 0 Å². The molecule has 1 aliphatic carbocycles. The van der Waals surface area contributed by atoms with E-state index in [0.717, 1.165) is 12.8 Å². The Balaban J connectivity index is 2.61. The van der Waals surface area contributed by atoms with E-state index in [-0.39, 0.29) is 5.41 Å². The lowest BCUT2D eigenvalue weighted by molar-refractivity contribution is 0.206. The highest BCUT2D eigenvalue weighted by molar-refractivity contribution is 4.99. The molecule has 0 aromatic carbocycles. The zero-order valence-corrected chi connectivity index (χ0v) is 9.19. The van der Waals surface area contributed by atoms with Crippen molar-refractivity contribution in [2.45, 2.75) is 59.3 Å². The van der Waals surface area contributed by atoms with E-state index in [2.05, 4.69) is 26.8 Å². The van der Waals surface area contributed by atoms with Gasteiger partial charge in [-0.1, -0.05) is 26.7 Å². The molecule has 1 saturated carbocycles. The Morgan fingerprint density at radius 2 is 1.92 bits per heavy atom. The van der Waals surface area contributed by atoms with Crippen LogP contribution < -0.4 is 0 Å². The molecule has 0 N–H and O–H groups in total. The Bertz CT molecular complexity index is 208. The fourth-order valence-electron chi connectivity index (χ4n) is 2.59. The van der Waals surface area contributed by atoms with E-state index in [9.17, 15) is 0 Å². The molecule has 13 heavy (non-hydrogen) atoms. The highest BCUT2D eigenvalue weighted by Gasteiger charge is 2.36. The molecule has 1 rings (SSSR count). The molecule has 74 valence electrons. The van der Waals surface area contributed by atoms with Gasteiger partial charge in [-0.3, -0.25) is 0 Å². The molecular formula is C12H21N. The minimum Gasteiger partial charge on any atom is -0.198 e. The number of nitriles is 1. The average Bonchev–Trinajstić information content (AvgIpc) is 2.51. The van der Waals surface area contributed by atoms with Gasteiger partial charge in [-0.2, -0.15) is 5.26 Å². The first-order chi connectivity index (χ1) is 6.04. The average molecular weight is 179 g/mol. The maximum atomic E-state index is 9.11. The summed E-state index contributed by atoms with van der Waals surface area (Å²) in [5.41, 5.74) is 0.375. The normalized spacial score (nSPS) is 25.1. The second-order valence-electron chi connectivity index (χ2n) is 5.22. The topological polar surface area (TPSA) is 23.8 Å². The van der Waals surface area contributed by atoms with Crippen molar-refractivity contribution in [3.05, 3.63) is 0 Å². The van der Waals surface area contributed by atoms with Crippen LogP contribution in [0.5, 0.6) is 0 Å². The molecule has 0 aromatic heterocycles. The highest BCUT2D eigenvalue weighted by Crippen LogP contribution is 2.46. The van der Waals surface area contributed by atoms with Gasteiger partial charge in [0.05, 0.1) is 11.5 Å². The van der Waals surface area contributed by atoms with Crippen molar-refractivity contribution in [1.29, 1.82) is 5.26 Å². The molecule has 0 aliphatic heterocycles. The summed E-state index contributed by atoms with van der Waals surface area (Å²) in [6, 6.07) is 2.48. The van der Waals surface area contributed by atoms with Crippen LogP contribution in [0.4, 0.5) is 0 Å². The van der Waals surface area contributed by atoms with Crippen LogP contribution in [0, 0.1) is 22.2 Å². The maximum absolute atomic E-state index is 9.11. The summed E-state index contributed by atoms with van der Waals surface area (Å²) >= 11 is 0. The summed E-state index contributed by atoms with van der Waals surface area (Å²) in [5, 5.41) is 9.11. The first-order valence-corrected chi connectivity index (χ1v) is 5.45. The highest BCUT2D eigenvalue weighted by atomic mass is 14.4. The maximum Gasteiger partial charge on any atom is 0.0686 e. The summed E-state index contributed by atoms with van der Waals surface area (Å²) in [6.45, 7) is 6.59. The van der Waals surface area contributed by atoms with Crippen LogP contribution in [-0.2, 0) is 0 Å². The van der Waals surface area contributed by atoms with Crippen molar-refractivity contribution in [3.63, 3.8) is 0 Å². The molecule has 1 nitrogen and oxygen atoms in total. The van der Waals surface area contributed by atoms with E-state index in [0.29, 0.717) is 5.41 Å². The Hall–Kier alpha value is -0.510. The fourth-order valence-corrected chi connectivity index (χ4v) is 2.59. The van der Waals surface area contributed by atoms with Crippen molar-refractivity contribution < 1.29 is 0 Å². The molecule has 0 saturated heterocycles. The minimum atomic E-state index is -0.0842. The van der Waals surface area contributed by atoms with E-state index < -0.39 is 0 Å². The van der Waals surface area contributed by atoms with Gasteiger partial charge in [0.15, 0.2) is 0 Å². The summed E-state index contributed by atoms with van der Waals surface area (Å²) in [5.74, 6) is 0. The molecule has 1 unspecified atom stereocenters. The van der Waals surface area contributed by atoms with Crippen molar-refractivity contribution in [1.82, 2.24) is 0 Å².